The van der Waals surface area contributed by atoms with Crippen molar-refractivity contribution >= 4 is 5.91 Å². The zero-order valence-electron chi connectivity index (χ0n) is 15.6. The van der Waals surface area contributed by atoms with Gasteiger partial charge in [-0.1, -0.05) is 25.1 Å². The second-order valence-corrected chi connectivity index (χ2v) is 8.12. The van der Waals surface area contributed by atoms with Crippen molar-refractivity contribution in [2.75, 3.05) is 39.8 Å². The Balaban J connectivity index is 1.58. The number of benzene rings is 1. The molecule has 1 aromatic rings. The van der Waals surface area contributed by atoms with Crippen molar-refractivity contribution in [3.8, 4) is 5.75 Å². The molecule has 2 fully saturated rings. The lowest BCUT2D eigenvalue weighted by molar-refractivity contribution is -0.144. The van der Waals surface area contributed by atoms with Crippen molar-refractivity contribution in [3.63, 3.8) is 0 Å². The maximum Gasteiger partial charge on any atom is 0.228 e. The van der Waals surface area contributed by atoms with E-state index in [0.717, 1.165) is 37.2 Å². The topological polar surface area (TPSA) is 53.0 Å². The molecule has 0 saturated carbocycles. The van der Waals surface area contributed by atoms with Gasteiger partial charge in [0.2, 0.25) is 5.91 Å². The first-order chi connectivity index (χ1) is 11.8. The third-order valence-electron chi connectivity index (χ3n) is 5.82. The Morgan fingerprint density at radius 1 is 1.20 bits per heavy atom. The van der Waals surface area contributed by atoms with Gasteiger partial charge in [-0.2, -0.15) is 0 Å². The highest BCUT2D eigenvalue weighted by Crippen LogP contribution is 2.35. The molecule has 5 nitrogen and oxygen atoms in total. The molecular formula is C20H30N2O3. The first-order valence-corrected chi connectivity index (χ1v) is 9.20. The van der Waals surface area contributed by atoms with Gasteiger partial charge in [-0.15, -0.1) is 0 Å². The van der Waals surface area contributed by atoms with E-state index in [9.17, 15) is 9.90 Å². The van der Waals surface area contributed by atoms with E-state index in [4.69, 9.17) is 4.74 Å². The second kappa shape index (κ2) is 6.96. The van der Waals surface area contributed by atoms with E-state index in [1.54, 1.807) is 0 Å². The number of hydrogen-bond acceptors (Lipinski definition) is 4. The number of aliphatic hydroxyl groups is 1. The quantitative estimate of drug-likeness (QED) is 0.907. The van der Waals surface area contributed by atoms with Crippen LogP contribution in [0.5, 0.6) is 5.75 Å². The number of aryl methyl sites for hydroxylation is 1. The average Bonchev–Trinajstić information content (AvgIpc) is 2.99. The summed E-state index contributed by atoms with van der Waals surface area (Å²) in [6.07, 6.45) is 2.34. The van der Waals surface area contributed by atoms with Crippen molar-refractivity contribution in [3.05, 3.63) is 29.8 Å². The molecular weight excluding hydrogens is 316 g/mol. The summed E-state index contributed by atoms with van der Waals surface area (Å²) in [5, 5.41) is 10.9. The second-order valence-electron chi connectivity index (χ2n) is 8.12. The molecule has 138 valence electrons. The maximum atomic E-state index is 13.0. The Kier molecular flexibility index (Phi) is 5.07. The molecule has 2 aliphatic heterocycles. The number of hydrogen-bond donors (Lipinski definition) is 1. The largest absolute Gasteiger partial charge is 0.490 e. The molecule has 0 radical (unpaired) electrons. The van der Waals surface area contributed by atoms with Gasteiger partial charge in [0, 0.05) is 12.0 Å². The highest BCUT2D eigenvalue weighted by atomic mass is 16.5. The number of para-hydroxylation sites is 1. The van der Waals surface area contributed by atoms with Crippen molar-refractivity contribution in [2.45, 2.75) is 38.7 Å². The zero-order valence-corrected chi connectivity index (χ0v) is 15.6. The summed E-state index contributed by atoms with van der Waals surface area (Å²) in [7, 11) is 2.10. The van der Waals surface area contributed by atoms with Crippen LogP contribution in [0.1, 0.15) is 31.7 Å². The normalized spacial score (nSPS) is 26.6. The van der Waals surface area contributed by atoms with Crippen LogP contribution >= 0.6 is 0 Å². The highest BCUT2D eigenvalue weighted by Gasteiger charge is 2.45. The van der Waals surface area contributed by atoms with Crippen LogP contribution in [0.2, 0.25) is 0 Å². The lowest BCUT2D eigenvalue weighted by atomic mass is 9.79. The van der Waals surface area contributed by atoms with Crippen LogP contribution in [-0.4, -0.2) is 66.2 Å². The standard InChI is InChI=1S/C20H30N2O3/c1-16-6-4-5-7-17(16)25-15-20(24)10-13-22(14-20)18(23)19(2)8-11-21(3)12-9-19/h4-7,24H,8-15H2,1-3H3/t20-/m0/s1. The van der Waals surface area contributed by atoms with E-state index >= 15 is 0 Å². The van der Waals surface area contributed by atoms with E-state index in [2.05, 4.69) is 18.9 Å². The third-order valence-corrected chi connectivity index (χ3v) is 5.82. The number of carbonyl (C=O) groups excluding carboxylic acids is 1. The number of rotatable bonds is 4. The van der Waals surface area contributed by atoms with Gasteiger partial charge in [0.05, 0.1) is 6.54 Å². The molecule has 2 aliphatic rings. The van der Waals surface area contributed by atoms with Crippen molar-refractivity contribution in [1.82, 2.24) is 9.80 Å². The van der Waals surface area contributed by atoms with E-state index < -0.39 is 5.60 Å². The van der Waals surface area contributed by atoms with Crippen LogP contribution in [0.25, 0.3) is 0 Å². The number of amides is 1. The molecule has 2 saturated heterocycles. The average molecular weight is 346 g/mol. The van der Waals surface area contributed by atoms with E-state index in [1.807, 2.05) is 36.1 Å². The summed E-state index contributed by atoms with van der Waals surface area (Å²) in [5.41, 5.74) is -0.204. The lowest BCUT2D eigenvalue weighted by Crippen LogP contribution is -2.49. The summed E-state index contributed by atoms with van der Waals surface area (Å²) in [6, 6.07) is 7.80. The fourth-order valence-corrected chi connectivity index (χ4v) is 3.79. The molecule has 0 unspecified atom stereocenters. The van der Waals surface area contributed by atoms with E-state index in [-0.39, 0.29) is 17.9 Å². The Bertz CT molecular complexity index is 625. The summed E-state index contributed by atoms with van der Waals surface area (Å²) < 4.78 is 5.84. The smallest absolute Gasteiger partial charge is 0.228 e. The third kappa shape index (κ3) is 3.98. The predicted octanol–water partition coefficient (Wildman–Crippen LogP) is 2.07. The fourth-order valence-electron chi connectivity index (χ4n) is 3.79. The minimum absolute atomic E-state index is 0.187. The summed E-state index contributed by atoms with van der Waals surface area (Å²) in [6.45, 7) is 7.17. The molecule has 2 heterocycles. The zero-order chi connectivity index (χ0) is 18.1. The van der Waals surface area contributed by atoms with E-state index in [1.165, 1.54) is 0 Å². The Morgan fingerprint density at radius 3 is 2.56 bits per heavy atom. The molecule has 0 spiro atoms. The fraction of sp³-hybridized carbons (Fsp3) is 0.650. The Labute approximate surface area is 150 Å². The molecule has 1 N–H and O–H groups in total. The molecule has 5 heteroatoms. The highest BCUT2D eigenvalue weighted by molar-refractivity contribution is 5.83. The number of likely N-dealkylation sites (tertiary alicyclic amines) is 2. The first-order valence-electron chi connectivity index (χ1n) is 9.20. The van der Waals surface area contributed by atoms with E-state index in [0.29, 0.717) is 19.5 Å². The maximum absolute atomic E-state index is 13.0. The van der Waals surface area contributed by atoms with Gasteiger partial charge in [-0.3, -0.25) is 4.79 Å². The van der Waals surface area contributed by atoms with Crippen LogP contribution < -0.4 is 4.74 Å². The monoisotopic (exact) mass is 346 g/mol. The molecule has 25 heavy (non-hydrogen) atoms. The Hall–Kier alpha value is -1.59. The van der Waals surface area contributed by atoms with Gasteiger partial charge >= 0.3 is 0 Å². The van der Waals surface area contributed by atoms with Crippen LogP contribution in [0.4, 0.5) is 0 Å². The number of β-amino-alcohol motifs (C(OH)–C–C–N with tert-alkyl or cyclic N) is 1. The summed E-state index contributed by atoms with van der Waals surface area (Å²) >= 11 is 0. The molecule has 1 amide bonds. The molecule has 1 atom stereocenters. The van der Waals surface area contributed by atoms with Crippen LogP contribution in [0.15, 0.2) is 24.3 Å². The molecule has 0 aromatic heterocycles. The molecule has 0 aliphatic carbocycles. The molecule has 1 aromatic carbocycles. The number of piperidine rings is 1. The van der Waals surface area contributed by atoms with Gasteiger partial charge in [0.15, 0.2) is 0 Å². The van der Waals surface area contributed by atoms with Gasteiger partial charge < -0.3 is 19.6 Å². The minimum Gasteiger partial charge on any atom is -0.490 e. The van der Waals surface area contributed by atoms with Gasteiger partial charge in [0.25, 0.3) is 0 Å². The van der Waals surface area contributed by atoms with Crippen LogP contribution in [0, 0.1) is 12.3 Å². The lowest BCUT2D eigenvalue weighted by Gasteiger charge is -2.39. The number of ether oxygens (including phenoxy) is 1. The molecule has 3 rings (SSSR count). The van der Waals surface area contributed by atoms with Gasteiger partial charge in [-0.25, -0.2) is 0 Å². The number of nitrogens with zero attached hydrogens (tertiary/aromatic N) is 2. The van der Waals surface area contributed by atoms with Crippen molar-refractivity contribution < 1.29 is 14.6 Å². The van der Waals surface area contributed by atoms with Crippen LogP contribution in [0.3, 0.4) is 0 Å². The Morgan fingerprint density at radius 2 is 1.88 bits per heavy atom. The number of carbonyl (C=O) groups is 1. The minimum atomic E-state index is -0.959. The van der Waals surface area contributed by atoms with Crippen molar-refractivity contribution in [1.29, 1.82) is 0 Å². The summed E-state index contributed by atoms with van der Waals surface area (Å²) in [5.74, 6) is 0.982. The van der Waals surface area contributed by atoms with Gasteiger partial charge in [-0.05, 0) is 58.0 Å². The van der Waals surface area contributed by atoms with Crippen molar-refractivity contribution in [2.24, 2.45) is 5.41 Å². The summed E-state index contributed by atoms with van der Waals surface area (Å²) in [4.78, 5) is 17.1. The van der Waals surface area contributed by atoms with Gasteiger partial charge in [0.1, 0.15) is 18.0 Å². The molecule has 0 bridgehead atoms. The SMILES string of the molecule is Cc1ccccc1OC[C@]1(O)CCN(C(=O)C2(C)CCN(C)CC2)C1. The van der Waals surface area contributed by atoms with Crippen LogP contribution in [-0.2, 0) is 4.79 Å². The predicted molar refractivity (Wildman–Crippen MR) is 97.7 cm³/mol. The first kappa shape index (κ1) is 18.2.